The van der Waals surface area contributed by atoms with Crippen LogP contribution in [-0.2, 0) is 0 Å². The Hall–Kier alpha value is -1.42. The molecular weight excluding hydrogens is 323 g/mol. The first-order chi connectivity index (χ1) is 10.1. The van der Waals surface area contributed by atoms with Crippen LogP contribution in [0.3, 0.4) is 0 Å². The fourth-order valence-corrected chi connectivity index (χ4v) is 3.54. The molecule has 0 aliphatic carbocycles. The minimum atomic E-state index is 0.380. The van der Waals surface area contributed by atoms with Crippen molar-refractivity contribution in [1.29, 1.82) is 0 Å². The van der Waals surface area contributed by atoms with Crippen LogP contribution >= 0.6 is 34.5 Å². The van der Waals surface area contributed by atoms with Gasteiger partial charge in [0.25, 0.3) is 0 Å². The van der Waals surface area contributed by atoms with E-state index in [1.165, 1.54) is 4.88 Å². The van der Waals surface area contributed by atoms with Crippen LogP contribution in [0.1, 0.15) is 10.4 Å². The molecule has 0 aliphatic heterocycles. The van der Waals surface area contributed by atoms with Crippen LogP contribution in [0.2, 0.25) is 10.3 Å². The van der Waals surface area contributed by atoms with E-state index in [1.807, 2.05) is 50.2 Å². The lowest BCUT2D eigenvalue weighted by Crippen LogP contribution is -1.94. The van der Waals surface area contributed by atoms with Crippen molar-refractivity contribution in [2.45, 2.75) is 13.8 Å². The predicted octanol–water partition coefficient (Wildman–Crippen LogP) is 5.80. The summed E-state index contributed by atoms with van der Waals surface area (Å²) in [5.41, 5.74) is 2.74. The van der Waals surface area contributed by atoms with E-state index in [9.17, 15) is 0 Å². The van der Waals surface area contributed by atoms with Gasteiger partial charge < -0.3 is 0 Å². The Balaban J connectivity index is 2.15. The quantitative estimate of drug-likeness (QED) is 0.554. The number of nitrogens with zero attached hydrogens (tertiary/aromatic N) is 2. The van der Waals surface area contributed by atoms with E-state index < -0.39 is 0 Å². The number of hydrogen-bond acceptors (Lipinski definition) is 3. The van der Waals surface area contributed by atoms with E-state index in [0.29, 0.717) is 21.7 Å². The van der Waals surface area contributed by atoms with Crippen molar-refractivity contribution in [3.8, 4) is 21.8 Å². The molecule has 0 saturated carbocycles. The lowest BCUT2D eigenvalue weighted by molar-refractivity contribution is 1.19. The smallest absolute Gasteiger partial charge is 0.172 e. The Morgan fingerprint density at radius 3 is 2.14 bits per heavy atom. The van der Waals surface area contributed by atoms with Crippen LogP contribution in [0.4, 0.5) is 0 Å². The fraction of sp³-hybridized carbons (Fsp3) is 0.125. The molecular formula is C16H12Cl2N2S. The summed E-state index contributed by atoms with van der Waals surface area (Å²) in [6.45, 7) is 4.05. The van der Waals surface area contributed by atoms with Gasteiger partial charge >= 0.3 is 0 Å². The normalized spacial score (nSPS) is 10.9. The number of benzene rings is 1. The van der Waals surface area contributed by atoms with Crippen LogP contribution in [0.15, 0.2) is 36.4 Å². The highest BCUT2D eigenvalue weighted by Gasteiger charge is 2.16. The molecule has 0 atom stereocenters. The maximum absolute atomic E-state index is 6.37. The fourth-order valence-electron chi connectivity index (χ4n) is 2.15. The van der Waals surface area contributed by atoms with Gasteiger partial charge in [0.1, 0.15) is 10.3 Å². The van der Waals surface area contributed by atoms with E-state index in [4.69, 9.17) is 23.2 Å². The lowest BCUT2D eigenvalue weighted by atomic mass is 10.0. The molecule has 2 heterocycles. The molecule has 2 aromatic heterocycles. The molecule has 2 nitrogen and oxygen atoms in total. The van der Waals surface area contributed by atoms with Gasteiger partial charge in [0.05, 0.1) is 10.4 Å². The van der Waals surface area contributed by atoms with Gasteiger partial charge in [-0.2, -0.15) is 0 Å². The first-order valence-electron chi connectivity index (χ1n) is 6.42. The summed E-state index contributed by atoms with van der Waals surface area (Å²) in [7, 11) is 0. The Labute approximate surface area is 137 Å². The summed E-state index contributed by atoms with van der Waals surface area (Å²) < 4.78 is 0. The molecule has 0 aliphatic rings. The van der Waals surface area contributed by atoms with E-state index in [0.717, 1.165) is 16.0 Å². The van der Waals surface area contributed by atoms with Crippen molar-refractivity contribution in [2.24, 2.45) is 0 Å². The summed E-state index contributed by atoms with van der Waals surface area (Å²) in [5, 5.41) is 0.760. The standard InChI is InChI=1S/C16H12Cl2N2S/c1-9-5-3-4-6-11(9)13-14(17)19-16(20-15(13)18)12-8-7-10(2)21-12/h3-8H,1-2H3. The first kappa shape index (κ1) is 14.5. The summed E-state index contributed by atoms with van der Waals surface area (Å²) in [4.78, 5) is 11.0. The largest absolute Gasteiger partial charge is 0.215 e. The average Bonchev–Trinajstić information content (AvgIpc) is 2.87. The Bertz CT molecular complexity index is 789. The highest BCUT2D eigenvalue weighted by atomic mass is 35.5. The molecule has 21 heavy (non-hydrogen) atoms. The molecule has 0 bridgehead atoms. The molecule has 0 fully saturated rings. The van der Waals surface area contributed by atoms with Crippen molar-refractivity contribution < 1.29 is 0 Å². The van der Waals surface area contributed by atoms with Gasteiger partial charge in [-0.05, 0) is 37.1 Å². The Morgan fingerprint density at radius 1 is 0.905 bits per heavy atom. The summed E-state index contributed by atoms with van der Waals surface area (Å²) in [5.74, 6) is 0.570. The SMILES string of the molecule is Cc1ccc(-c2nc(Cl)c(-c3ccccc3C)c(Cl)n2)s1. The van der Waals surface area contributed by atoms with Gasteiger partial charge in [-0.25, -0.2) is 9.97 Å². The van der Waals surface area contributed by atoms with E-state index in [2.05, 4.69) is 9.97 Å². The topological polar surface area (TPSA) is 25.8 Å². The molecule has 0 amide bonds. The third kappa shape index (κ3) is 2.82. The van der Waals surface area contributed by atoms with Gasteiger partial charge in [0.15, 0.2) is 5.82 Å². The zero-order valence-electron chi connectivity index (χ0n) is 11.5. The predicted molar refractivity (Wildman–Crippen MR) is 90.3 cm³/mol. The number of aryl methyl sites for hydroxylation is 2. The first-order valence-corrected chi connectivity index (χ1v) is 7.99. The molecule has 0 spiro atoms. The molecule has 0 radical (unpaired) electrons. The van der Waals surface area contributed by atoms with Crippen molar-refractivity contribution >= 4 is 34.5 Å². The zero-order chi connectivity index (χ0) is 15.0. The second-order valence-electron chi connectivity index (χ2n) is 4.73. The lowest BCUT2D eigenvalue weighted by Gasteiger charge is -2.10. The third-order valence-corrected chi connectivity index (χ3v) is 4.74. The van der Waals surface area contributed by atoms with Crippen molar-refractivity contribution in [2.75, 3.05) is 0 Å². The van der Waals surface area contributed by atoms with E-state index in [-0.39, 0.29) is 0 Å². The second kappa shape index (κ2) is 5.76. The summed E-state index contributed by atoms with van der Waals surface area (Å²) in [6.07, 6.45) is 0. The average molecular weight is 335 g/mol. The van der Waals surface area contributed by atoms with Crippen molar-refractivity contribution in [3.63, 3.8) is 0 Å². The number of thiophene rings is 1. The van der Waals surface area contributed by atoms with Crippen LogP contribution in [0.5, 0.6) is 0 Å². The Kier molecular flexibility index (Phi) is 3.98. The van der Waals surface area contributed by atoms with E-state index >= 15 is 0 Å². The number of halogens is 2. The molecule has 3 aromatic rings. The Morgan fingerprint density at radius 2 is 1.57 bits per heavy atom. The maximum atomic E-state index is 6.37. The van der Waals surface area contributed by atoms with Crippen molar-refractivity contribution in [1.82, 2.24) is 9.97 Å². The van der Waals surface area contributed by atoms with Crippen molar-refractivity contribution in [3.05, 3.63) is 57.1 Å². The second-order valence-corrected chi connectivity index (χ2v) is 6.73. The molecule has 0 saturated heterocycles. The van der Waals surface area contributed by atoms with Crippen LogP contribution in [0, 0.1) is 13.8 Å². The molecule has 0 N–H and O–H groups in total. The highest BCUT2D eigenvalue weighted by Crippen LogP contribution is 2.36. The van der Waals surface area contributed by atoms with Crippen LogP contribution in [-0.4, -0.2) is 9.97 Å². The molecule has 106 valence electrons. The van der Waals surface area contributed by atoms with E-state index in [1.54, 1.807) is 11.3 Å². The third-order valence-electron chi connectivity index (χ3n) is 3.20. The van der Waals surface area contributed by atoms with Gasteiger partial charge in [-0.1, -0.05) is 47.5 Å². The van der Waals surface area contributed by atoms with Crippen LogP contribution < -0.4 is 0 Å². The number of hydrogen-bond donors (Lipinski definition) is 0. The number of aromatic nitrogens is 2. The maximum Gasteiger partial charge on any atom is 0.172 e. The zero-order valence-corrected chi connectivity index (χ0v) is 13.9. The van der Waals surface area contributed by atoms with Gasteiger partial charge in [-0.15, -0.1) is 11.3 Å². The minimum Gasteiger partial charge on any atom is -0.215 e. The van der Waals surface area contributed by atoms with Gasteiger partial charge in [0, 0.05) is 4.88 Å². The highest BCUT2D eigenvalue weighted by molar-refractivity contribution is 7.15. The number of rotatable bonds is 2. The molecule has 1 aromatic carbocycles. The monoisotopic (exact) mass is 334 g/mol. The molecule has 5 heteroatoms. The molecule has 3 rings (SSSR count). The molecule has 0 unspecified atom stereocenters. The summed E-state index contributed by atoms with van der Waals surface area (Å²) >= 11 is 14.4. The summed E-state index contributed by atoms with van der Waals surface area (Å²) in [6, 6.07) is 11.9. The van der Waals surface area contributed by atoms with Gasteiger partial charge in [0.2, 0.25) is 0 Å². The minimum absolute atomic E-state index is 0.380. The van der Waals surface area contributed by atoms with Gasteiger partial charge in [-0.3, -0.25) is 0 Å². The van der Waals surface area contributed by atoms with Crippen LogP contribution in [0.25, 0.3) is 21.8 Å².